The van der Waals surface area contributed by atoms with Crippen LogP contribution in [0.5, 0.6) is 0 Å². The zero-order valence-electron chi connectivity index (χ0n) is 16.5. The first-order valence-corrected chi connectivity index (χ1v) is 10.2. The number of aromatic amines is 1. The highest BCUT2D eigenvalue weighted by Crippen LogP contribution is 2.52. The number of hydrogen-bond acceptors (Lipinski definition) is 4. The molecular weight excluding hydrogens is 368 g/mol. The van der Waals surface area contributed by atoms with E-state index in [0.717, 1.165) is 22.4 Å². The van der Waals surface area contributed by atoms with Gasteiger partial charge in [-0.15, -0.1) is 0 Å². The van der Waals surface area contributed by atoms with Crippen molar-refractivity contribution in [3.8, 4) is 0 Å². The number of rotatable bonds is 5. The molecule has 1 aromatic heterocycles. The molecule has 0 radical (unpaired) electrons. The molecule has 5 atom stereocenters. The van der Waals surface area contributed by atoms with Gasteiger partial charge in [0.25, 0.3) is 0 Å². The van der Waals surface area contributed by atoms with Gasteiger partial charge in [-0.2, -0.15) is 0 Å². The molecule has 2 aliphatic carbocycles. The number of imidazole rings is 1. The molecule has 0 unspecified atom stereocenters. The molecule has 1 saturated heterocycles. The van der Waals surface area contributed by atoms with Crippen molar-refractivity contribution in [1.29, 1.82) is 0 Å². The fraction of sp³-hybridized carbons (Fsp3) is 0.455. The highest BCUT2D eigenvalue weighted by molar-refractivity contribution is 6.08. The number of carbonyl (C=O) groups excluding carboxylic acids is 3. The molecule has 2 heterocycles. The van der Waals surface area contributed by atoms with E-state index in [2.05, 4.69) is 27.4 Å². The number of nitrogens with one attached hydrogen (secondary N) is 2. The van der Waals surface area contributed by atoms with Gasteiger partial charge < -0.3 is 10.3 Å². The van der Waals surface area contributed by atoms with E-state index in [1.165, 1.54) is 0 Å². The van der Waals surface area contributed by atoms with Crippen molar-refractivity contribution in [3.63, 3.8) is 0 Å². The lowest BCUT2D eigenvalue weighted by Crippen LogP contribution is -2.43. The van der Waals surface area contributed by atoms with Crippen LogP contribution in [-0.4, -0.2) is 39.1 Å². The molecule has 2 fully saturated rings. The SMILES string of the molecule is CC(C)[C@@H](NC(=O)CN1C(=O)[C@@H]2[C@H](C1=O)[C@H]1C=C[C@H]2C1)c1nc2ccccc2[nH]1. The van der Waals surface area contributed by atoms with Crippen LogP contribution >= 0.6 is 0 Å². The van der Waals surface area contributed by atoms with Gasteiger partial charge in [0.2, 0.25) is 17.7 Å². The third-order valence-electron chi connectivity index (χ3n) is 6.55. The minimum Gasteiger partial charge on any atom is -0.344 e. The minimum atomic E-state index is -0.342. The Morgan fingerprint density at radius 1 is 1.17 bits per heavy atom. The summed E-state index contributed by atoms with van der Waals surface area (Å²) in [6.45, 7) is 3.77. The predicted molar refractivity (Wildman–Crippen MR) is 106 cm³/mol. The number of benzene rings is 1. The lowest BCUT2D eigenvalue weighted by Gasteiger charge is -2.22. The van der Waals surface area contributed by atoms with Gasteiger partial charge in [-0.3, -0.25) is 19.3 Å². The Balaban J connectivity index is 1.31. The van der Waals surface area contributed by atoms with Crippen LogP contribution in [0.25, 0.3) is 11.0 Å². The zero-order valence-corrected chi connectivity index (χ0v) is 16.5. The van der Waals surface area contributed by atoms with E-state index in [4.69, 9.17) is 0 Å². The van der Waals surface area contributed by atoms with Crippen LogP contribution in [0.4, 0.5) is 0 Å². The smallest absolute Gasteiger partial charge is 0.240 e. The van der Waals surface area contributed by atoms with Crippen molar-refractivity contribution in [2.75, 3.05) is 6.54 Å². The maximum atomic E-state index is 12.8. The van der Waals surface area contributed by atoms with Gasteiger partial charge in [-0.05, 0) is 36.3 Å². The number of aromatic nitrogens is 2. The van der Waals surface area contributed by atoms with Crippen molar-refractivity contribution in [2.45, 2.75) is 26.3 Å². The highest BCUT2D eigenvalue weighted by Gasteiger charge is 2.59. The molecular formula is C22H24N4O3. The fourth-order valence-corrected chi connectivity index (χ4v) is 5.15. The van der Waals surface area contributed by atoms with E-state index in [1.807, 2.05) is 38.1 Å². The van der Waals surface area contributed by atoms with Crippen LogP contribution in [0, 0.1) is 29.6 Å². The van der Waals surface area contributed by atoms with Crippen molar-refractivity contribution in [3.05, 3.63) is 42.2 Å². The Hall–Kier alpha value is -2.96. The van der Waals surface area contributed by atoms with E-state index in [0.29, 0.717) is 5.82 Å². The number of carbonyl (C=O) groups is 3. The summed E-state index contributed by atoms with van der Waals surface area (Å²) in [4.78, 5) is 47.4. The van der Waals surface area contributed by atoms with Gasteiger partial charge in [0.1, 0.15) is 12.4 Å². The van der Waals surface area contributed by atoms with E-state index in [9.17, 15) is 14.4 Å². The molecule has 150 valence electrons. The number of amides is 3. The minimum absolute atomic E-state index is 0.0870. The van der Waals surface area contributed by atoms with Crippen LogP contribution in [-0.2, 0) is 14.4 Å². The summed E-state index contributed by atoms with van der Waals surface area (Å²) in [5.41, 5.74) is 1.74. The first kappa shape index (κ1) is 18.1. The predicted octanol–water partition coefficient (Wildman–Crippen LogP) is 2.18. The largest absolute Gasteiger partial charge is 0.344 e. The van der Waals surface area contributed by atoms with Gasteiger partial charge in [0.05, 0.1) is 28.9 Å². The van der Waals surface area contributed by atoms with E-state index < -0.39 is 0 Å². The second-order valence-electron chi connectivity index (χ2n) is 8.69. The van der Waals surface area contributed by atoms with Crippen molar-refractivity contribution >= 4 is 28.8 Å². The van der Waals surface area contributed by atoms with Gasteiger partial charge in [-0.1, -0.05) is 38.1 Å². The summed E-state index contributed by atoms with van der Waals surface area (Å²) in [6.07, 6.45) is 4.99. The number of nitrogens with zero attached hydrogens (tertiary/aromatic N) is 2. The maximum absolute atomic E-state index is 12.8. The third kappa shape index (κ3) is 2.79. The summed E-state index contributed by atoms with van der Waals surface area (Å²) >= 11 is 0. The standard InChI is InChI=1S/C22H24N4O3/c1-11(2)19(20-23-14-5-3-4-6-15(14)24-20)25-16(27)10-26-21(28)17-12-7-8-13(9-12)18(17)22(26)29/h3-8,11-13,17-19H,9-10H2,1-2H3,(H,23,24)(H,25,27)/t12-,13-,17-,18+,19+/m0/s1. The lowest BCUT2D eigenvalue weighted by molar-refractivity contribution is -0.144. The first-order valence-electron chi connectivity index (χ1n) is 10.2. The second kappa shape index (κ2) is 6.54. The van der Waals surface area contributed by atoms with Crippen LogP contribution in [0.2, 0.25) is 0 Å². The van der Waals surface area contributed by atoms with Crippen molar-refractivity contribution < 1.29 is 14.4 Å². The average Bonchev–Trinajstić information content (AvgIpc) is 3.45. The molecule has 29 heavy (non-hydrogen) atoms. The Kier molecular flexibility index (Phi) is 4.08. The number of hydrogen-bond donors (Lipinski definition) is 2. The summed E-state index contributed by atoms with van der Waals surface area (Å²) < 4.78 is 0. The summed E-state index contributed by atoms with van der Waals surface area (Å²) in [5.74, 6) is -0.235. The molecule has 3 aliphatic rings. The van der Waals surface area contributed by atoms with Crippen LogP contribution in [0.3, 0.4) is 0 Å². The molecule has 2 aromatic rings. The number of imide groups is 1. The average molecular weight is 392 g/mol. The molecule has 3 amide bonds. The second-order valence-corrected chi connectivity index (χ2v) is 8.69. The quantitative estimate of drug-likeness (QED) is 0.602. The Bertz CT molecular complexity index is 977. The molecule has 1 saturated carbocycles. The number of allylic oxidation sites excluding steroid dienone is 2. The number of fused-ring (bicyclic) bond motifs is 6. The van der Waals surface area contributed by atoms with Gasteiger partial charge in [-0.25, -0.2) is 4.98 Å². The topological polar surface area (TPSA) is 95.2 Å². The number of H-pyrrole nitrogens is 1. The molecule has 0 spiro atoms. The van der Waals surface area contributed by atoms with Crippen LogP contribution in [0.1, 0.15) is 32.1 Å². The molecule has 7 heteroatoms. The molecule has 1 aliphatic heterocycles. The third-order valence-corrected chi connectivity index (χ3v) is 6.55. The fourth-order valence-electron chi connectivity index (χ4n) is 5.15. The normalized spacial score (nSPS) is 28.6. The summed E-state index contributed by atoms with van der Waals surface area (Å²) in [6, 6.07) is 7.36. The molecule has 2 bridgehead atoms. The zero-order chi connectivity index (χ0) is 20.3. The highest BCUT2D eigenvalue weighted by atomic mass is 16.2. The summed E-state index contributed by atoms with van der Waals surface area (Å²) in [7, 11) is 0. The van der Waals surface area contributed by atoms with Crippen LogP contribution in [0.15, 0.2) is 36.4 Å². The van der Waals surface area contributed by atoms with E-state index in [-0.39, 0.29) is 59.9 Å². The molecule has 2 N–H and O–H groups in total. The van der Waals surface area contributed by atoms with Crippen molar-refractivity contribution in [1.82, 2.24) is 20.2 Å². The number of para-hydroxylation sites is 2. The Labute approximate surface area is 168 Å². The van der Waals surface area contributed by atoms with Gasteiger partial charge in [0, 0.05) is 0 Å². The monoisotopic (exact) mass is 392 g/mol. The lowest BCUT2D eigenvalue weighted by atomic mass is 9.85. The molecule has 5 rings (SSSR count). The molecule has 1 aromatic carbocycles. The van der Waals surface area contributed by atoms with Gasteiger partial charge >= 0.3 is 0 Å². The molecule has 7 nitrogen and oxygen atoms in total. The van der Waals surface area contributed by atoms with Gasteiger partial charge in [0.15, 0.2) is 0 Å². The maximum Gasteiger partial charge on any atom is 0.240 e. The Morgan fingerprint density at radius 3 is 2.45 bits per heavy atom. The first-order chi connectivity index (χ1) is 13.9. The Morgan fingerprint density at radius 2 is 1.83 bits per heavy atom. The van der Waals surface area contributed by atoms with E-state index in [1.54, 1.807) is 0 Å². The van der Waals surface area contributed by atoms with E-state index >= 15 is 0 Å². The van der Waals surface area contributed by atoms with Crippen molar-refractivity contribution in [2.24, 2.45) is 29.6 Å². The number of likely N-dealkylation sites (tertiary alicyclic amines) is 1. The van der Waals surface area contributed by atoms with Crippen LogP contribution < -0.4 is 5.32 Å². The summed E-state index contributed by atoms with van der Waals surface area (Å²) in [5, 5.41) is 2.97.